The fraction of sp³-hybridized carbons (Fsp3) is 0.632. The quantitative estimate of drug-likeness (QED) is 0.746. The zero-order chi connectivity index (χ0) is 20.4. The average Bonchev–Trinajstić information content (AvgIpc) is 3.39. The monoisotopic (exact) mass is 418 g/mol. The summed E-state index contributed by atoms with van der Waals surface area (Å²) in [6.45, 7) is 1.34. The molecule has 1 aliphatic carbocycles. The standard InChI is InChI=1S/C19H26N6O3S/c1-20-17(27)12-5-4-8-24(9-12)19-23-16-15(29-19)18(28)25(11-21-16)10-14(26)22-13-6-2-3-7-13/h11-13H,2-10H2,1H3,(H,20,27)(H,22,26)/t12-/m0/s1. The van der Waals surface area contributed by atoms with Crippen LogP contribution in [0.1, 0.15) is 38.5 Å². The Morgan fingerprint density at radius 3 is 2.79 bits per heavy atom. The third-order valence-electron chi connectivity index (χ3n) is 5.72. The van der Waals surface area contributed by atoms with E-state index in [-0.39, 0.29) is 35.9 Å². The summed E-state index contributed by atoms with van der Waals surface area (Å²) in [5.41, 5.74) is 0.143. The van der Waals surface area contributed by atoms with E-state index < -0.39 is 0 Å². The number of anilines is 1. The molecule has 1 saturated heterocycles. The summed E-state index contributed by atoms with van der Waals surface area (Å²) in [4.78, 5) is 48.0. The van der Waals surface area contributed by atoms with Crippen molar-refractivity contribution in [3.8, 4) is 0 Å². The number of aromatic nitrogens is 3. The first-order valence-corrected chi connectivity index (χ1v) is 11.0. The number of fused-ring (bicyclic) bond motifs is 1. The van der Waals surface area contributed by atoms with E-state index in [1.165, 1.54) is 22.2 Å². The molecule has 2 N–H and O–H groups in total. The summed E-state index contributed by atoms with van der Waals surface area (Å²) in [5.74, 6) is -0.205. The average molecular weight is 419 g/mol. The van der Waals surface area contributed by atoms with E-state index in [9.17, 15) is 14.4 Å². The van der Waals surface area contributed by atoms with Crippen molar-refractivity contribution in [3.05, 3.63) is 16.7 Å². The third-order valence-corrected chi connectivity index (χ3v) is 6.81. The topological polar surface area (TPSA) is 109 Å². The predicted molar refractivity (Wildman–Crippen MR) is 111 cm³/mol. The second-order valence-corrected chi connectivity index (χ2v) is 8.75. The van der Waals surface area contributed by atoms with Crippen molar-refractivity contribution in [2.45, 2.75) is 51.1 Å². The summed E-state index contributed by atoms with van der Waals surface area (Å²) in [7, 11) is 1.65. The second kappa shape index (κ2) is 8.48. The van der Waals surface area contributed by atoms with Crippen LogP contribution in [-0.4, -0.2) is 52.5 Å². The summed E-state index contributed by atoms with van der Waals surface area (Å²) in [6.07, 6.45) is 7.42. The molecule has 4 rings (SSSR count). The Labute approximate surface area is 172 Å². The van der Waals surface area contributed by atoms with Gasteiger partial charge in [-0.25, -0.2) is 4.98 Å². The Bertz CT molecular complexity index is 964. The molecule has 29 heavy (non-hydrogen) atoms. The van der Waals surface area contributed by atoms with Crippen LogP contribution in [0.15, 0.2) is 11.1 Å². The Balaban J connectivity index is 1.50. The predicted octanol–water partition coefficient (Wildman–Crippen LogP) is 0.874. The molecule has 3 heterocycles. The maximum absolute atomic E-state index is 12.8. The van der Waals surface area contributed by atoms with E-state index in [0.717, 1.165) is 45.1 Å². The van der Waals surface area contributed by atoms with Crippen LogP contribution in [0.2, 0.25) is 0 Å². The lowest BCUT2D eigenvalue weighted by Gasteiger charge is -2.31. The Morgan fingerprint density at radius 1 is 1.24 bits per heavy atom. The first kappa shape index (κ1) is 19.8. The molecule has 2 aromatic rings. The van der Waals surface area contributed by atoms with Crippen molar-refractivity contribution in [2.75, 3.05) is 25.0 Å². The summed E-state index contributed by atoms with van der Waals surface area (Å²) >= 11 is 1.28. The summed E-state index contributed by atoms with van der Waals surface area (Å²) < 4.78 is 1.79. The molecule has 156 valence electrons. The fourth-order valence-corrected chi connectivity index (χ4v) is 5.15. The molecular formula is C19H26N6O3S. The molecule has 0 radical (unpaired) electrons. The normalized spacial score (nSPS) is 20.2. The van der Waals surface area contributed by atoms with Crippen LogP contribution in [-0.2, 0) is 16.1 Å². The Morgan fingerprint density at radius 2 is 2.03 bits per heavy atom. The number of amides is 2. The van der Waals surface area contributed by atoms with Crippen molar-refractivity contribution in [2.24, 2.45) is 5.92 Å². The molecule has 0 aromatic carbocycles. The van der Waals surface area contributed by atoms with Gasteiger partial charge in [0.1, 0.15) is 17.6 Å². The van der Waals surface area contributed by atoms with Crippen LogP contribution in [0.5, 0.6) is 0 Å². The number of hydrogen-bond donors (Lipinski definition) is 2. The zero-order valence-corrected chi connectivity index (χ0v) is 17.3. The second-order valence-electron chi connectivity index (χ2n) is 7.78. The number of thiazole rings is 1. The molecule has 2 aliphatic rings. The lowest BCUT2D eigenvalue weighted by Crippen LogP contribution is -2.42. The van der Waals surface area contributed by atoms with E-state index >= 15 is 0 Å². The number of nitrogens with one attached hydrogen (secondary N) is 2. The van der Waals surface area contributed by atoms with E-state index in [4.69, 9.17) is 0 Å². The van der Waals surface area contributed by atoms with Crippen molar-refractivity contribution < 1.29 is 9.59 Å². The summed E-state index contributed by atoms with van der Waals surface area (Å²) in [6, 6.07) is 0.220. The molecule has 2 aromatic heterocycles. The van der Waals surface area contributed by atoms with E-state index in [1.807, 2.05) is 4.90 Å². The van der Waals surface area contributed by atoms with Gasteiger partial charge in [0.05, 0.1) is 5.92 Å². The molecule has 1 saturated carbocycles. The van der Waals surface area contributed by atoms with Crippen LogP contribution in [0, 0.1) is 5.92 Å². The van der Waals surface area contributed by atoms with Crippen molar-refractivity contribution in [1.82, 2.24) is 25.2 Å². The molecule has 1 aliphatic heterocycles. The van der Waals surface area contributed by atoms with Gasteiger partial charge in [-0.3, -0.25) is 19.0 Å². The molecular weight excluding hydrogens is 392 g/mol. The number of carbonyl (C=O) groups excluding carboxylic acids is 2. The maximum Gasteiger partial charge on any atom is 0.273 e. The summed E-state index contributed by atoms with van der Waals surface area (Å²) in [5, 5.41) is 6.40. The minimum Gasteiger partial charge on any atom is -0.359 e. The molecule has 1 atom stereocenters. The lowest BCUT2D eigenvalue weighted by molar-refractivity contribution is -0.125. The van der Waals surface area contributed by atoms with Crippen LogP contribution in [0.4, 0.5) is 5.13 Å². The van der Waals surface area contributed by atoms with Gasteiger partial charge in [0.25, 0.3) is 5.56 Å². The Hall–Kier alpha value is -2.49. The fourth-order valence-electron chi connectivity index (χ4n) is 4.15. The smallest absolute Gasteiger partial charge is 0.273 e. The van der Waals surface area contributed by atoms with E-state index in [0.29, 0.717) is 22.0 Å². The van der Waals surface area contributed by atoms with Gasteiger partial charge in [0.2, 0.25) is 11.8 Å². The first-order chi connectivity index (χ1) is 14.0. The lowest BCUT2D eigenvalue weighted by atomic mass is 9.98. The van der Waals surface area contributed by atoms with Gasteiger partial charge in [0, 0.05) is 26.2 Å². The SMILES string of the molecule is CNC(=O)[C@H]1CCCN(c2nc3ncn(CC(=O)NC4CCCC4)c(=O)c3s2)C1. The van der Waals surface area contributed by atoms with Crippen molar-refractivity contribution in [3.63, 3.8) is 0 Å². The molecule has 0 spiro atoms. The highest BCUT2D eigenvalue weighted by Crippen LogP contribution is 2.29. The maximum atomic E-state index is 12.8. The van der Waals surface area contributed by atoms with E-state index in [1.54, 1.807) is 7.05 Å². The minimum absolute atomic E-state index is 0.0320. The number of hydrogen-bond acceptors (Lipinski definition) is 7. The van der Waals surface area contributed by atoms with Gasteiger partial charge in [-0.1, -0.05) is 24.2 Å². The van der Waals surface area contributed by atoms with Gasteiger partial charge in [-0.15, -0.1) is 0 Å². The van der Waals surface area contributed by atoms with Gasteiger partial charge in [-0.05, 0) is 25.7 Å². The molecule has 0 unspecified atom stereocenters. The highest BCUT2D eigenvalue weighted by atomic mass is 32.1. The van der Waals surface area contributed by atoms with Crippen molar-refractivity contribution in [1.29, 1.82) is 0 Å². The van der Waals surface area contributed by atoms with Crippen molar-refractivity contribution >= 4 is 38.6 Å². The Kier molecular flexibility index (Phi) is 5.79. The van der Waals surface area contributed by atoms with Crippen LogP contribution >= 0.6 is 11.3 Å². The molecule has 2 fully saturated rings. The minimum atomic E-state index is -0.250. The number of rotatable bonds is 5. The molecule has 9 nitrogen and oxygen atoms in total. The molecule has 0 bridgehead atoms. The molecule has 2 amide bonds. The van der Waals surface area contributed by atoms with Crippen LogP contribution < -0.4 is 21.1 Å². The highest BCUT2D eigenvalue weighted by molar-refractivity contribution is 7.22. The third kappa shape index (κ3) is 4.26. The van der Waals surface area contributed by atoms with Gasteiger partial charge in [-0.2, -0.15) is 4.98 Å². The first-order valence-electron chi connectivity index (χ1n) is 10.2. The van der Waals surface area contributed by atoms with Crippen LogP contribution in [0.25, 0.3) is 10.3 Å². The highest BCUT2D eigenvalue weighted by Gasteiger charge is 2.27. The van der Waals surface area contributed by atoms with Crippen LogP contribution in [0.3, 0.4) is 0 Å². The van der Waals surface area contributed by atoms with Gasteiger partial charge < -0.3 is 15.5 Å². The molecule has 10 heteroatoms. The van der Waals surface area contributed by atoms with E-state index in [2.05, 4.69) is 20.6 Å². The zero-order valence-electron chi connectivity index (χ0n) is 16.5. The number of carbonyl (C=O) groups is 2. The van der Waals surface area contributed by atoms with Gasteiger partial charge in [0.15, 0.2) is 10.8 Å². The number of nitrogens with zero attached hydrogens (tertiary/aromatic N) is 4. The van der Waals surface area contributed by atoms with Gasteiger partial charge >= 0.3 is 0 Å². The largest absolute Gasteiger partial charge is 0.359 e. The number of piperidine rings is 1.